The molecule has 3 aromatic carbocycles. The van der Waals surface area contributed by atoms with Gasteiger partial charge in [-0.3, -0.25) is 4.79 Å². The van der Waals surface area contributed by atoms with Gasteiger partial charge in [0.15, 0.2) is 0 Å². The van der Waals surface area contributed by atoms with Crippen molar-refractivity contribution in [1.29, 1.82) is 0 Å². The molecule has 2 heterocycles. The van der Waals surface area contributed by atoms with Crippen LogP contribution in [-0.2, 0) is 11.3 Å². The number of hydrogen-bond donors (Lipinski definition) is 0. The maximum Gasteiger partial charge on any atom is 0.227 e. The van der Waals surface area contributed by atoms with Crippen LogP contribution in [-0.4, -0.2) is 35.2 Å². The number of amides is 1. The number of rotatable bonds is 8. The summed E-state index contributed by atoms with van der Waals surface area (Å²) in [5.41, 5.74) is 5.26. The molecule has 1 saturated heterocycles. The zero-order valence-electron chi connectivity index (χ0n) is 20.5. The Hall–Kier alpha value is -3.80. The summed E-state index contributed by atoms with van der Waals surface area (Å²) in [6, 6.07) is 22.1. The minimum absolute atomic E-state index is 0.0163. The summed E-state index contributed by atoms with van der Waals surface area (Å²) in [5.74, 6) is 2.79. The molecule has 1 unspecified atom stereocenters. The Morgan fingerprint density at radius 2 is 1.80 bits per heavy atom. The first-order valence-corrected chi connectivity index (χ1v) is 12.2. The zero-order valence-corrected chi connectivity index (χ0v) is 20.5. The lowest BCUT2D eigenvalue weighted by Crippen LogP contribution is -2.24. The molecule has 5 rings (SSSR count). The fourth-order valence-electron chi connectivity index (χ4n) is 4.87. The Bertz CT molecular complexity index is 1340. The predicted molar refractivity (Wildman–Crippen MR) is 138 cm³/mol. The summed E-state index contributed by atoms with van der Waals surface area (Å²) >= 11 is 0. The van der Waals surface area contributed by atoms with Crippen molar-refractivity contribution in [2.24, 2.45) is 0 Å². The standard InChI is InChI=1S/C29H31N3O3/c1-4-34-24-12-10-23(11-13-24)32-19-22(18-28(32)33)29-30-25-7-5-6-8-26(25)31(29)15-16-35-27-14-9-20(2)17-21(27)3/h5-14,17,22H,4,15-16,18-19H2,1-3H3. The molecule has 1 aliphatic heterocycles. The van der Waals surface area contributed by atoms with E-state index in [-0.39, 0.29) is 11.8 Å². The first-order valence-electron chi connectivity index (χ1n) is 12.2. The molecule has 6 nitrogen and oxygen atoms in total. The number of hydrogen-bond acceptors (Lipinski definition) is 4. The van der Waals surface area contributed by atoms with Crippen LogP contribution in [0.1, 0.15) is 36.2 Å². The quantitative estimate of drug-likeness (QED) is 0.335. The van der Waals surface area contributed by atoms with Crippen molar-refractivity contribution < 1.29 is 14.3 Å². The Kier molecular flexibility index (Phi) is 6.45. The average molecular weight is 470 g/mol. The fraction of sp³-hybridized carbons (Fsp3) is 0.310. The van der Waals surface area contributed by atoms with Crippen LogP contribution >= 0.6 is 0 Å². The molecule has 0 radical (unpaired) electrons. The summed E-state index contributed by atoms with van der Waals surface area (Å²) in [4.78, 5) is 19.8. The summed E-state index contributed by atoms with van der Waals surface area (Å²) in [6.07, 6.45) is 0.439. The fourth-order valence-corrected chi connectivity index (χ4v) is 4.87. The van der Waals surface area contributed by atoms with Gasteiger partial charge < -0.3 is 18.9 Å². The molecule has 0 N–H and O–H groups in total. The maximum atomic E-state index is 13.0. The highest BCUT2D eigenvalue weighted by atomic mass is 16.5. The molecule has 0 spiro atoms. The van der Waals surface area contributed by atoms with Crippen molar-refractivity contribution in [3.05, 3.63) is 83.7 Å². The Morgan fingerprint density at radius 1 is 1.00 bits per heavy atom. The lowest BCUT2D eigenvalue weighted by Gasteiger charge is -2.18. The number of aryl methyl sites for hydroxylation is 2. The molecule has 1 aromatic heterocycles. The van der Waals surface area contributed by atoms with Gasteiger partial charge in [0.05, 0.1) is 24.2 Å². The second kappa shape index (κ2) is 9.82. The third kappa shape index (κ3) is 4.74. The number of ether oxygens (including phenoxy) is 2. The number of carbonyl (C=O) groups excluding carboxylic acids is 1. The van der Waals surface area contributed by atoms with Gasteiger partial charge in [-0.1, -0.05) is 29.8 Å². The van der Waals surface area contributed by atoms with Crippen molar-refractivity contribution in [3.63, 3.8) is 0 Å². The SMILES string of the molecule is CCOc1ccc(N2CC(c3nc4ccccc4n3CCOc3ccc(C)cc3C)CC2=O)cc1. The Morgan fingerprint density at radius 3 is 2.57 bits per heavy atom. The van der Waals surface area contributed by atoms with E-state index in [0.29, 0.717) is 32.7 Å². The molecule has 0 bridgehead atoms. The van der Waals surface area contributed by atoms with Crippen molar-refractivity contribution in [2.45, 2.75) is 39.7 Å². The van der Waals surface area contributed by atoms with Crippen LogP contribution in [0, 0.1) is 13.8 Å². The van der Waals surface area contributed by atoms with Crippen LogP contribution in [0.4, 0.5) is 5.69 Å². The van der Waals surface area contributed by atoms with Crippen LogP contribution < -0.4 is 14.4 Å². The van der Waals surface area contributed by atoms with Gasteiger partial charge in [-0.15, -0.1) is 0 Å². The number of nitrogens with zero attached hydrogens (tertiary/aromatic N) is 3. The van der Waals surface area contributed by atoms with Gasteiger partial charge in [0.2, 0.25) is 5.91 Å². The summed E-state index contributed by atoms with van der Waals surface area (Å²) < 4.78 is 13.9. The van der Waals surface area contributed by atoms with E-state index in [1.165, 1.54) is 5.56 Å². The first kappa shape index (κ1) is 23.0. The molecule has 0 saturated carbocycles. The van der Waals surface area contributed by atoms with Gasteiger partial charge in [0, 0.05) is 24.6 Å². The molecule has 35 heavy (non-hydrogen) atoms. The minimum Gasteiger partial charge on any atom is -0.494 e. The van der Waals surface area contributed by atoms with Gasteiger partial charge in [-0.25, -0.2) is 4.98 Å². The van der Waals surface area contributed by atoms with E-state index in [2.05, 4.69) is 36.6 Å². The Balaban J connectivity index is 1.37. The highest BCUT2D eigenvalue weighted by Crippen LogP contribution is 2.34. The number of benzene rings is 3. The van der Waals surface area contributed by atoms with E-state index in [9.17, 15) is 4.79 Å². The number of para-hydroxylation sites is 2. The normalized spacial score (nSPS) is 15.7. The second-order valence-corrected chi connectivity index (χ2v) is 9.06. The van der Waals surface area contributed by atoms with E-state index in [1.54, 1.807) is 0 Å². The van der Waals surface area contributed by atoms with E-state index in [0.717, 1.165) is 39.6 Å². The van der Waals surface area contributed by atoms with Gasteiger partial charge in [-0.05, 0) is 68.8 Å². The molecule has 1 amide bonds. The molecule has 1 fully saturated rings. The third-order valence-electron chi connectivity index (χ3n) is 6.54. The average Bonchev–Trinajstić information content (AvgIpc) is 3.42. The van der Waals surface area contributed by atoms with E-state index >= 15 is 0 Å². The molecule has 1 atom stereocenters. The number of anilines is 1. The second-order valence-electron chi connectivity index (χ2n) is 9.06. The topological polar surface area (TPSA) is 56.6 Å². The van der Waals surface area contributed by atoms with Crippen molar-refractivity contribution in [3.8, 4) is 11.5 Å². The van der Waals surface area contributed by atoms with Crippen LogP contribution in [0.15, 0.2) is 66.7 Å². The van der Waals surface area contributed by atoms with E-state index in [4.69, 9.17) is 14.5 Å². The van der Waals surface area contributed by atoms with Gasteiger partial charge in [-0.2, -0.15) is 0 Å². The van der Waals surface area contributed by atoms with Gasteiger partial charge >= 0.3 is 0 Å². The largest absolute Gasteiger partial charge is 0.494 e. The van der Waals surface area contributed by atoms with Crippen LogP contribution in [0.3, 0.4) is 0 Å². The Labute approximate surface area is 206 Å². The number of carbonyl (C=O) groups is 1. The lowest BCUT2D eigenvalue weighted by atomic mass is 10.1. The van der Waals surface area contributed by atoms with Crippen molar-refractivity contribution in [1.82, 2.24) is 9.55 Å². The first-order chi connectivity index (χ1) is 17.0. The van der Waals surface area contributed by atoms with Crippen molar-refractivity contribution in [2.75, 3.05) is 24.7 Å². The van der Waals surface area contributed by atoms with Gasteiger partial charge in [0.25, 0.3) is 0 Å². The summed E-state index contributed by atoms with van der Waals surface area (Å²) in [6.45, 7) is 8.53. The number of imidazole rings is 1. The summed E-state index contributed by atoms with van der Waals surface area (Å²) in [7, 11) is 0. The maximum absolute atomic E-state index is 13.0. The molecule has 4 aromatic rings. The lowest BCUT2D eigenvalue weighted by molar-refractivity contribution is -0.117. The molecule has 1 aliphatic rings. The monoisotopic (exact) mass is 469 g/mol. The molecule has 0 aliphatic carbocycles. The smallest absolute Gasteiger partial charge is 0.227 e. The predicted octanol–water partition coefficient (Wildman–Crippen LogP) is 5.65. The molecule has 6 heteroatoms. The summed E-state index contributed by atoms with van der Waals surface area (Å²) in [5, 5.41) is 0. The molecular formula is C29H31N3O3. The van der Waals surface area contributed by atoms with Gasteiger partial charge in [0.1, 0.15) is 23.9 Å². The van der Waals surface area contributed by atoms with E-state index < -0.39 is 0 Å². The molecular weight excluding hydrogens is 438 g/mol. The zero-order chi connectivity index (χ0) is 24.4. The highest BCUT2D eigenvalue weighted by Gasteiger charge is 2.34. The number of aromatic nitrogens is 2. The minimum atomic E-state index is 0.0163. The van der Waals surface area contributed by atoms with E-state index in [1.807, 2.05) is 60.4 Å². The van der Waals surface area contributed by atoms with Crippen LogP contribution in [0.25, 0.3) is 11.0 Å². The third-order valence-corrected chi connectivity index (χ3v) is 6.54. The number of fused-ring (bicyclic) bond motifs is 1. The highest BCUT2D eigenvalue weighted by molar-refractivity contribution is 5.96. The van der Waals surface area contributed by atoms with Crippen molar-refractivity contribution >= 4 is 22.6 Å². The molecule has 180 valence electrons. The van der Waals surface area contributed by atoms with Crippen LogP contribution in [0.5, 0.6) is 11.5 Å². The van der Waals surface area contributed by atoms with Crippen LogP contribution in [0.2, 0.25) is 0 Å².